The molecule has 0 bridgehead atoms. The molecule has 1 aliphatic rings. The molecular weight excluding hydrogens is 274 g/mol. The number of carbonyl (C=O) groups excluding carboxylic acids is 1. The first-order chi connectivity index (χ1) is 9.63. The molecule has 20 heavy (non-hydrogen) atoms. The molecule has 104 valence electrons. The predicted molar refractivity (Wildman–Crippen MR) is 76.9 cm³/mol. The lowest BCUT2D eigenvalue weighted by Crippen LogP contribution is -2.36. The van der Waals surface area contributed by atoms with Gasteiger partial charge in [-0.15, -0.1) is 0 Å². The Kier molecular flexibility index (Phi) is 3.31. The Morgan fingerprint density at radius 1 is 1.10 bits per heavy atom. The summed E-state index contributed by atoms with van der Waals surface area (Å²) in [6.45, 7) is 0.415. The van der Waals surface area contributed by atoms with E-state index in [0.717, 1.165) is 23.5 Å². The average Bonchev–Trinajstić information content (AvgIpc) is 2.96. The highest BCUT2D eigenvalue weighted by molar-refractivity contribution is 7.89. The lowest BCUT2D eigenvalue weighted by Gasteiger charge is -2.20. The largest absolute Gasteiger partial charge is 0.302 e. The highest BCUT2D eigenvalue weighted by atomic mass is 32.2. The van der Waals surface area contributed by atoms with Gasteiger partial charge in [0, 0.05) is 6.54 Å². The molecule has 1 saturated heterocycles. The van der Waals surface area contributed by atoms with Crippen molar-refractivity contribution in [3.05, 3.63) is 42.5 Å². The summed E-state index contributed by atoms with van der Waals surface area (Å²) in [5, 5.41) is 1.88. The first-order valence-corrected chi connectivity index (χ1v) is 8.03. The quantitative estimate of drug-likeness (QED) is 0.814. The molecule has 0 spiro atoms. The molecule has 0 amide bonds. The minimum atomic E-state index is -3.59. The van der Waals surface area contributed by atoms with E-state index in [9.17, 15) is 13.2 Å². The van der Waals surface area contributed by atoms with Crippen LogP contribution in [0.4, 0.5) is 0 Å². The molecule has 1 atom stereocenters. The van der Waals surface area contributed by atoms with Crippen molar-refractivity contribution in [2.45, 2.75) is 23.8 Å². The van der Waals surface area contributed by atoms with Gasteiger partial charge in [-0.1, -0.05) is 30.3 Å². The van der Waals surface area contributed by atoms with E-state index >= 15 is 0 Å². The Labute approximate surface area is 118 Å². The van der Waals surface area contributed by atoms with E-state index in [4.69, 9.17) is 0 Å². The van der Waals surface area contributed by atoms with E-state index in [0.29, 0.717) is 13.0 Å². The second-order valence-corrected chi connectivity index (χ2v) is 6.86. The maximum atomic E-state index is 12.6. The van der Waals surface area contributed by atoms with Crippen LogP contribution in [0.3, 0.4) is 0 Å². The molecule has 0 radical (unpaired) electrons. The molecule has 1 aliphatic heterocycles. The van der Waals surface area contributed by atoms with Crippen LogP contribution in [0.1, 0.15) is 12.8 Å². The second kappa shape index (κ2) is 5.00. The van der Waals surface area contributed by atoms with Gasteiger partial charge in [0.2, 0.25) is 10.0 Å². The van der Waals surface area contributed by atoms with Gasteiger partial charge in [-0.2, -0.15) is 4.31 Å². The zero-order valence-electron chi connectivity index (χ0n) is 10.9. The molecule has 2 aromatic rings. The minimum Gasteiger partial charge on any atom is -0.302 e. The lowest BCUT2D eigenvalue weighted by molar-refractivity contribution is -0.110. The smallest absolute Gasteiger partial charge is 0.243 e. The third-order valence-corrected chi connectivity index (χ3v) is 5.65. The van der Waals surface area contributed by atoms with E-state index in [2.05, 4.69) is 0 Å². The van der Waals surface area contributed by atoms with Crippen molar-refractivity contribution < 1.29 is 13.2 Å². The van der Waals surface area contributed by atoms with Gasteiger partial charge in [0.25, 0.3) is 0 Å². The SMILES string of the molecule is O=CC1CCCN1S(=O)(=O)c1ccc2ccccc2c1. The van der Waals surface area contributed by atoms with Gasteiger partial charge in [0.1, 0.15) is 6.29 Å². The Hall–Kier alpha value is -1.72. The number of nitrogens with zero attached hydrogens (tertiary/aromatic N) is 1. The van der Waals surface area contributed by atoms with Crippen LogP contribution in [0, 0.1) is 0 Å². The van der Waals surface area contributed by atoms with Crippen LogP contribution < -0.4 is 0 Å². The average molecular weight is 289 g/mol. The third kappa shape index (κ3) is 2.13. The molecular formula is C15H15NO3S. The zero-order valence-corrected chi connectivity index (χ0v) is 11.7. The van der Waals surface area contributed by atoms with Gasteiger partial charge in [-0.3, -0.25) is 0 Å². The van der Waals surface area contributed by atoms with Crippen molar-refractivity contribution in [1.82, 2.24) is 4.31 Å². The molecule has 0 aromatic heterocycles. The zero-order chi connectivity index (χ0) is 14.2. The van der Waals surface area contributed by atoms with Crippen LogP contribution >= 0.6 is 0 Å². The molecule has 5 heteroatoms. The Bertz CT molecular complexity index is 755. The van der Waals surface area contributed by atoms with Crippen LogP contribution in [0.5, 0.6) is 0 Å². The summed E-state index contributed by atoms with van der Waals surface area (Å²) in [5.41, 5.74) is 0. The Morgan fingerprint density at radius 3 is 2.60 bits per heavy atom. The topological polar surface area (TPSA) is 54.5 Å². The summed E-state index contributed by atoms with van der Waals surface area (Å²) in [6.07, 6.45) is 2.07. The standard InChI is InChI=1S/C15H15NO3S/c17-11-14-6-3-9-16(14)20(18,19)15-8-7-12-4-1-2-5-13(12)10-15/h1-2,4-5,7-8,10-11,14H,3,6,9H2. The van der Waals surface area contributed by atoms with Crippen molar-refractivity contribution in [2.24, 2.45) is 0 Å². The molecule has 0 N–H and O–H groups in total. The molecule has 1 fully saturated rings. The van der Waals surface area contributed by atoms with E-state index in [1.165, 1.54) is 4.31 Å². The number of fused-ring (bicyclic) bond motifs is 1. The summed E-state index contributed by atoms with van der Waals surface area (Å²) in [5.74, 6) is 0. The lowest BCUT2D eigenvalue weighted by atomic mass is 10.1. The van der Waals surface area contributed by atoms with Gasteiger partial charge < -0.3 is 4.79 Å². The first-order valence-electron chi connectivity index (χ1n) is 6.59. The van der Waals surface area contributed by atoms with Crippen molar-refractivity contribution in [1.29, 1.82) is 0 Å². The van der Waals surface area contributed by atoms with E-state index < -0.39 is 16.1 Å². The number of rotatable bonds is 3. The molecule has 1 heterocycles. The summed E-state index contributed by atoms with van der Waals surface area (Å²) >= 11 is 0. The maximum Gasteiger partial charge on any atom is 0.243 e. The Morgan fingerprint density at radius 2 is 1.85 bits per heavy atom. The van der Waals surface area contributed by atoms with Gasteiger partial charge in [0.15, 0.2) is 0 Å². The van der Waals surface area contributed by atoms with Crippen LogP contribution in [-0.2, 0) is 14.8 Å². The molecule has 3 rings (SSSR count). The van der Waals surface area contributed by atoms with E-state index in [1.807, 2.05) is 24.3 Å². The Balaban J connectivity index is 2.07. The first kappa shape index (κ1) is 13.3. The fourth-order valence-corrected chi connectivity index (χ4v) is 4.33. The number of sulfonamides is 1. The monoisotopic (exact) mass is 289 g/mol. The number of carbonyl (C=O) groups is 1. The normalized spacial score (nSPS) is 20.3. The third-order valence-electron chi connectivity index (χ3n) is 3.73. The molecule has 4 nitrogen and oxygen atoms in total. The van der Waals surface area contributed by atoms with E-state index in [1.54, 1.807) is 18.2 Å². The predicted octanol–water partition coefficient (Wildman–Crippen LogP) is 2.19. The van der Waals surface area contributed by atoms with Crippen molar-refractivity contribution in [3.8, 4) is 0 Å². The fraction of sp³-hybridized carbons (Fsp3) is 0.267. The van der Waals surface area contributed by atoms with Crippen LogP contribution in [0.15, 0.2) is 47.4 Å². The molecule has 1 unspecified atom stereocenters. The second-order valence-electron chi connectivity index (χ2n) is 4.97. The molecule has 0 aliphatic carbocycles. The summed E-state index contributed by atoms with van der Waals surface area (Å²) in [4.78, 5) is 11.3. The van der Waals surface area contributed by atoms with Gasteiger partial charge >= 0.3 is 0 Å². The molecule has 2 aromatic carbocycles. The number of hydrogen-bond acceptors (Lipinski definition) is 3. The van der Waals surface area contributed by atoms with Gasteiger partial charge in [0.05, 0.1) is 10.9 Å². The van der Waals surface area contributed by atoms with Crippen LogP contribution in [0.25, 0.3) is 10.8 Å². The summed E-state index contributed by atoms with van der Waals surface area (Å²) in [6, 6.07) is 12.2. The number of benzene rings is 2. The van der Waals surface area contributed by atoms with Crippen molar-refractivity contribution >= 4 is 27.1 Å². The highest BCUT2D eigenvalue weighted by Crippen LogP contribution is 2.27. The number of hydrogen-bond donors (Lipinski definition) is 0. The van der Waals surface area contributed by atoms with E-state index in [-0.39, 0.29) is 4.90 Å². The van der Waals surface area contributed by atoms with Crippen molar-refractivity contribution in [2.75, 3.05) is 6.54 Å². The minimum absolute atomic E-state index is 0.255. The maximum absolute atomic E-state index is 12.6. The van der Waals surface area contributed by atoms with Gasteiger partial charge in [-0.05, 0) is 35.7 Å². The summed E-state index contributed by atoms with van der Waals surface area (Å²) < 4.78 is 26.5. The highest BCUT2D eigenvalue weighted by Gasteiger charge is 2.35. The van der Waals surface area contributed by atoms with Crippen molar-refractivity contribution in [3.63, 3.8) is 0 Å². The summed E-state index contributed by atoms with van der Waals surface area (Å²) in [7, 11) is -3.59. The van der Waals surface area contributed by atoms with Gasteiger partial charge in [-0.25, -0.2) is 8.42 Å². The van der Waals surface area contributed by atoms with Crippen LogP contribution in [0.2, 0.25) is 0 Å². The fourth-order valence-electron chi connectivity index (χ4n) is 2.66. The van der Waals surface area contributed by atoms with Crippen LogP contribution in [-0.4, -0.2) is 31.6 Å². The number of aldehydes is 1. The molecule has 0 saturated carbocycles.